The number of nitrogens with zero attached hydrogens (tertiary/aromatic N) is 1. The zero-order chi connectivity index (χ0) is 14.8. The summed E-state index contributed by atoms with van der Waals surface area (Å²) in [5.74, 6) is 0.0402. The van der Waals surface area contributed by atoms with E-state index in [1.807, 2.05) is 18.2 Å². The van der Waals surface area contributed by atoms with Crippen molar-refractivity contribution in [3.05, 3.63) is 59.7 Å². The molecule has 1 amide bonds. The van der Waals surface area contributed by atoms with Crippen molar-refractivity contribution in [3.63, 3.8) is 0 Å². The monoisotopic (exact) mass is 280 g/mol. The highest BCUT2D eigenvalue weighted by Gasteiger charge is 2.21. The third-order valence-electron chi connectivity index (χ3n) is 4.18. The van der Waals surface area contributed by atoms with Gasteiger partial charge in [-0.1, -0.05) is 30.3 Å². The lowest BCUT2D eigenvalue weighted by atomic mass is 10.1. The molecule has 1 atom stereocenters. The molecule has 0 saturated carbocycles. The number of nitrogens with one attached hydrogen (secondary N) is 1. The molecule has 0 fully saturated rings. The Labute approximate surface area is 125 Å². The quantitative estimate of drug-likeness (QED) is 0.928. The summed E-state index contributed by atoms with van der Waals surface area (Å²) >= 11 is 0. The highest BCUT2D eigenvalue weighted by molar-refractivity contribution is 5.91. The van der Waals surface area contributed by atoms with E-state index in [0.717, 1.165) is 24.2 Å². The molecule has 0 aliphatic heterocycles. The number of aryl methyl sites for hydroxylation is 1. The van der Waals surface area contributed by atoms with E-state index in [0.29, 0.717) is 6.04 Å². The van der Waals surface area contributed by atoms with Crippen molar-refractivity contribution in [3.8, 4) is 0 Å². The first-order chi connectivity index (χ1) is 10.1. The first kappa shape index (κ1) is 13.7. The van der Waals surface area contributed by atoms with Gasteiger partial charge >= 0.3 is 0 Å². The molecule has 0 radical (unpaired) electrons. The minimum atomic E-state index is 0.0402. The summed E-state index contributed by atoms with van der Waals surface area (Å²) in [6.45, 7) is 1.58. The number of hydrogen-bond acceptors (Lipinski definition) is 2. The Kier molecular flexibility index (Phi) is 3.65. The van der Waals surface area contributed by atoms with E-state index in [-0.39, 0.29) is 5.91 Å². The normalized spacial score (nSPS) is 16.4. The second kappa shape index (κ2) is 5.60. The molecule has 0 heterocycles. The van der Waals surface area contributed by atoms with Gasteiger partial charge in [-0.25, -0.2) is 0 Å². The van der Waals surface area contributed by atoms with Crippen LogP contribution in [0.1, 0.15) is 30.5 Å². The maximum atomic E-state index is 11.5. The number of fused-ring (bicyclic) bond motifs is 1. The van der Waals surface area contributed by atoms with Crippen LogP contribution >= 0.6 is 0 Å². The number of carbonyl (C=O) groups is 1. The molecule has 2 aromatic rings. The highest BCUT2D eigenvalue weighted by Crippen LogP contribution is 2.34. The van der Waals surface area contributed by atoms with Gasteiger partial charge in [0.25, 0.3) is 0 Å². The fourth-order valence-electron chi connectivity index (χ4n) is 2.89. The van der Waals surface area contributed by atoms with E-state index in [9.17, 15) is 4.79 Å². The van der Waals surface area contributed by atoms with Crippen molar-refractivity contribution in [1.29, 1.82) is 0 Å². The predicted octanol–water partition coefficient (Wildman–Crippen LogP) is 3.77. The van der Waals surface area contributed by atoms with Gasteiger partial charge in [-0.15, -0.1) is 0 Å². The Hall–Kier alpha value is -2.29. The molecule has 108 valence electrons. The molecule has 1 aliphatic carbocycles. The molecule has 0 aromatic heterocycles. The Balaban J connectivity index is 1.80. The van der Waals surface area contributed by atoms with Gasteiger partial charge < -0.3 is 10.2 Å². The van der Waals surface area contributed by atoms with Crippen LogP contribution < -0.4 is 10.2 Å². The smallest absolute Gasteiger partial charge is 0.223 e. The fourth-order valence-corrected chi connectivity index (χ4v) is 2.89. The van der Waals surface area contributed by atoms with Crippen LogP contribution in [-0.2, 0) is 11.2 Å². The van der Waals surface area contributed by atoms with Crippen molar-refractivity contribution < 1.29 is 4.79 Å². The Morgan fingerprint density at radius 3 is 2.81 bits per heavy atom. The van der Waals surface area contributed by atoms with Gasteiger partial charge in [0, 0.05) is 25.3 Å². The lowest BCUT2D eigenvalue weighted by Gasteiger charge is -2.19. The first-order valence-corrected chi connectivity index (χ1v) is 7.34. The van der Waals surface area contributed by atoms with Crippen molar-refractivity contribution >= 4 is 17.3 Å². The van der Waals surface area contributed by atoms with Crippen LogP contribution in [-0.4, -0.2) is 13.0 Å². The number of benzene rings is 2. The van der Waals surface area contributed by atoms with Gasteiger partial charge in [-0.05, 0) is 42.2 Å². The molecule has 0 saturated heterocycles. The topological polar surface area (TPSA) is 32.3 Å². The van der Waals surface area contributed by atoms with Crippen LogP contribution in [0.4, 0.5) is 11.4 Å². The average Bonchev–Trinajstić information content (AvgIpc) is 2.90. The Morgan fingerprint density at radius 1 is 1.19 bits per heavy atom. The van der Waals surface area contributed by atoms with Gasteiger partial charge in [-0.2, -0.15) is 0 Å². The number of amides is 1. The number of anilines is 2. The minimum Gasteiger partial charge on any atom is -0.378 e. The van der Waals surface area contributed by atoms with Gasteiger partial charge in [0.05, 0.1) is 6.04 Å². The van der Waals surface area contributed by atoms with Crippen molar-refractivity contribution in [2.75, 3.05) is 17.3 Å². The van der Waals surface area contributed by atoms with E-state index in [2.05, 4.69) is 35.6 Å². The lowest BCUT2D eigenvalue weighted by Crippen LogP contribution is -2.22. The zero-order valence-electron chi connectivity index (χ0n) is 12.5. The minimum absolute atomic E-state index is 0.0402. The largest absolute Gasteiger partial charge is 0.378 e. The molecule has 1 N–H and O–H groups in total. The van der Waals surface area contributed by atoms with Crippen LogP contribution in [0.3, 0.4) is 0 Å². The number of rotatable bonds is 3. The molecular formula is C18H20N2O. The second-order valence-corrected chi connectivity index (χ2v) is 5.56. The standard InChI is InChI=1S/C18H20N2O/c1-13(21)20(2)16-8-5-7-15(12-16)19-18-11-10-14-6-3-4-9-17(14)18/h3-9,12,18-19H,10-11H2,1-2H3/t18-/m0/s1. The van der Waals surface area contributed by atoms with E-state index in [1.54, 1.807) is 18.9 Å². The maximum Gasteiger partial charge on any atom is 0.223 e. The van der Waals surface area contributed by atoms with Crippen molar-refractivity contribution in [2.24, 2.45) is 0 Å². The third kappa shape index (κ3) is 2.77. The Bertz CT molecular complexity index is 666. The molecule has 21 heavy (non-hydrogen) atoms. The number of hydrogen-bond donors (Lipinski definition) is 1. The summed E-state index contributed by atoms with van der Waals surface area (Å²) in [5, 5.41) is 3.59. The molecule has 0 bridgehead atoms. The molecule has 3 heteroatoms. The van der Waals surface area contributed by atoms with Gasteiger partial charge in [0.1, 0.15) is 0 Å². The van der Waals surface area contributed by atoms with Gasteiger partial charge in [0.15, 0.2) is 0 Å². The SMILES string of the molecule is CC(=O)N(C)c1cccc(N[C@H]2CCc3ccccc32)c1. The lowest BCUT2D eigenvalue weighted by molar-refractivity contribution is -0.116. The summed E-state index contributed by atoms with van der Waals surface area (Å²) in [7, 11) is 1.80. The predicted molar refractivity (Wildman–Crippen MR) is 86.7 cm³/mol. The molecule has 0 spiro atoms. The number of carbonyl (C=O) groups excluding carboxylic acids is 1. The zero-order valence-corrected chi connectivity index (χ0v) is 12.5. The first-order valence-electron chi connectivity index (χ1n) is 7.34. The van der Waals surface area contributed by atoms with E-state index in [4.69, 9.17) is 0 Å². The summed E-state index contributed by atoms with van der Waals surface area (Å²) in [5.41, 5.74) is 4.80. The fraction of sp³-hybridized carbons (Fsp3) is 0.278. The summed E-state index contributed by atoms with van der Waals surface area (Å²) in [6, 6.07) is 17.0. The molecular weight excluding hydrogens is 260 g/mol. The summed E-state index contributed by atoms with van der Waals surface area (Å²) < 4.78 is 0. The average molecular weight is 280 g/mol. The maximum absolute atomic E-state index is 11.5. The highest BCUT2D eigenvalue weighted by atomic mass is 16.2. The molecule has 3 rings (SSSR count). The Morgan fingerprint density at radius 2 is 2.00 bits per heavy atom. The van der Waals surface area contributed by atoms with Crippen LogP contribution in [0.5, 0.6) is 0 Å². The van der Waals surface area contributed by atoms with Gasteiger partial charge in [-0.3, -0.25) is 4.79 Å². The van der Waals surface area contributed by atoms with E-state index < -0.39 is 0 Å². The molecule has 3 nitrogen and oxygen atoms in total. The van der Waals surface area contributed by atoms with E-state index >= 15 is 0 Å². The summed E-state index contributed by atoms with van der Waals surface area (Å²) in [4.78, 5) is 13.1. The summed E-state index contributed by atoms with van der Waals surface area (Å²) in [6.07, 6.45) is 2.24. The molecule has 2 aromatic carbocycles. The van der Waals surface area contributed by atoms with Crippen LogP contribution in [0.2, 0.25) is 0 Å². The van der Waals surface area contributed by atoms with Crippen LogP contribution in [0.25, 0.3) is 0 Å². The molecule has 1 aliphatic rings. The van der Waals surface area contributed by atoms with Crippen molar-refractivity contribution in [1.82, 2.24) is 0 Å². The van der Waals surface area contributed by atoms with E-state index in [1.165, 1.54) is 11.1 Å². The van der Waals surface area contributed by atoms with Gasteiger partial charge in [0.2, 0.25) is 5.91 Å². The van der Waals surface area contributed by atoms with Crippen molar-refractivity contribution in [2.45, 2.75) is 25.8 Å². The van der Waals surface area contributed by atoms with Crippen LogP contribution in [0.15, 0.2) is 48.5 Å². The third-order valence-corrected chi connectivity index (χ3v) is 4.18. The second-order valence-electron chi connectivity index (χ2n) is 5.56. The van der Waals surface area contributed by atoms with Crippen LogP contribution in [0, 0.1) is 0 Å². The molecule has 0 unspecified atom stereocenters.